The fourth-order valence-electron chi connectivity index (χ4n) is 0.304. The van der Waals surface area contributed by atoms with Crippen molar-refractivity contribution in [3.05, 3.63) is 24.7 Å². The quantitative estimate of drug-likeness (QED) is 0.555. The normalized spacial score (nSPS) is 11.0. The summed E-state index contributed by atoms with van der Waals surface area (Å²) < 4.78 is 4.72. The van der Waals surface area contributed by atoms with E-state index in [1.54, 1.807) is 13.0 Å². The molecule has 0 aromatic carbocycles. The van der Waals surface area contributed by atoms with E-state index in [2.05, 4.69) is 6.58 Å². The maximum atomic E-state index is 8.42. The molecule has 0 fully saturated rings. The first-order chi connectivity index (χ1) is 3.85. The molecule has 0 unspecified atom stereocenters. The molecule has 8 heavy (non-hydrogen) atoms. The van der Waals surface area contributed by atoms with Crippen LogP contribution in [0.3, 0.4) is 0 Å². The van der Waals surface area contributed by atoms with Gasteiger partial charge in [-0.25, -0.2) is 0 Å². The van der Waals surface area contributed by atoms with Crippen LogP contribution in [0.4, 0.5) is 0 Å². The summed E-state index contributed by atoms with van der Waals surface area (Å²) in [5.74, 6) is 0.528. The Morgan fingerprint density at radius 3 is 2.62 bits per heavy atom. The minimum Gasteiger partial charge on any atom is -0.468 e. The van der Waals surface area contributed by atoms with Crippen molar-refractivity contribution in [3.63, 3.8) is 0 Å². The van der Waals surface area contributed by atoms with Gasteiger partial charge in [0, 0.05) is 0 Å². The monoisotopic (exact) mass is 114 g/mol. The molecule has 0 bridgehead atoms. The van der Waals surface area contributed by atoms with Crippen LogP contribution in [0.25, 0.3) is 0 Å². The van der Waals surface area contributed by atoms with Gasteiger partial charge in [0.25, 0.3) is 0 Å². The Morgan fingerprint density at radius 2 is 2.50 bits per heavy atom. The summed E-state index contributed by atoms with van der Waals surface area (Å²) >= 11 is 0. The van der Waals surface area contributed by atoms with Gasteiger partial charge in [-0.15, -0.1) is 0 Å². The van der Waals surface area contributed by atoms with Gasteiger partial charge in [-0.2, -0.15) is 0 Å². The first kappa shape index (κ1) is 7.24. The van der Waals surface area contributed by atoms with Crippen LogP contribution >= 0.6 is 0 Å². The Kier molecular flexibility index (Phi) is 3.98. The van der Waals surface area contributed by atoms with Crippen LogP contribution in [0.15, 0.2) is 24.7 Å². The van der Waals surface area contributed by atoms with Gasteiger partial charge in [0.1, 0.15) is 12.4 Å². The third-order valence-corrected chi connectivity index (χ3v) is 0.713. The Bertz CT molecular complexity index is 94.7. The summed E-state index contributed by atoms with van der Waals surface area (Å²) in [6.07, 6.45) is 2.97. The summed E-state index contributed by atoms with van der Waals surface area (Å²) in [4.78, 5) is 0. The van der Waals surface area contributed by atoms with Gasteiger partial charge in [-0.3, -0.25) is 0 Å². The van der Waals surface area contributed by atoms with Crippen molar-refractivity contribution in [1.82, 2.24) is 0 Å². The second-order valence-corrected chi connectivity index (χ2v) is 1.20. The van der Waals surface area contributed by atoms with Crippen molar-refractivity contribution < 1.29 is 9.84 Å². The fraction of sp³-hybridized carbons (Fsp3) is 0.333. The number of aliphatic hydroxyl groups excluding tert-OH is 1. The van der Waals surface area contributed by atoms with Crippen LogP contribution in [-0.4, -0.2) is 11.7 Å². The van der Waals surface area contributed by atoms with Gasteiger partial charge >= 0.3 is 0 Å². The average molecular weight is 114 g/mol. The van der Waals surface area contributed by atoms with Crippen molar-refractivity contribution >= 4 is 0 Å². The zero-order chi connectivity index (χ0) is 6.41. The van der Waals surface area contributed by atoms with E-state index in [0.717, 1.165) is 0 Å². The minimum atomic E-state index is -0.0669. The third kappa shape index (κ3) is 2.42. The number of hydrogen-bond donors (Lipinski definition) is 1. The van der Waals surface area contributed by atoms with Crippen molar-refractivity contribution in [2.45, 2.75) is 6.92 Å². The van der Waals surface area contributed by atoms with Crippen LogP contribution in [0.5, 0.6) is 0 Å². The second-order valence-electron chi connectivity index (χ2n) is 1.20. The van der Waals surface area contributed by atoms with Gasteiger partial charge in [0.05, 0.1) is 6.26 Å². The largest absolute Gasteiger partial charge is 0.468 e. The second kappa shape index (κ2) is 4.40. The summed E-state index contributed by atoms with van der Waals surface area (Å²) in [6, 6.07) is 0. The zero-order valence-electron chi connectivity index (χ0n) is 4.92. The zero-order valence-corrected chi connectivity index (χ0v) is 4.92. The maximum Gasteiger partial charge on any atom is 0.124 e. The highest BCUT2D eigenvalue weighted by atomic mass is 16.5. The van der Waals surface area contributed by atoms with Crippen molar-refractivity contribution in [3.8, 4) is 0 Å². The van der Waals surface area contributed by atoms with E-state index in [0.29, 0.717) is 5.76 Å². The number of allylic oxidation sites excluding steroid dienone is 1. The molecule has 0 heterocycles. The van der Waals surface area contributed by atoms with Crippen molar-refractivity contribution in [2.24, 2.45) is 0 Å². The van der Waals surface area contributed by atoms with Gasteiger partial charge < -0.3 is 9.84 Å². The predicted molar refractivity (Wildman–Crippen MR) is 32.1 cm³/mol. The molecular formula is C6H10O2. The van der Waals surface area contributed by atoms with E-state index < -0.39 is 0 Å². The number of rotatable bonds is 3. The minimum absolute atomic E-state index is 0.0669. The molecule has 0 spiro atoms. The molecule has 0 saturated carbocycles. The van der Waals surface area contributed by atoms with E-state index in [4.69, 9.17) is 9.84 Å². The molecular weight excluding hydrogens is 104 g/mol. The molecule has 0 aliphatic rings. The van der Waals surface area contributed by atoms with Crippen molar-refractivity contribution in [1.29, 1.82) is 0 Å². The highest BCUT2D eigenvalue weighted by Gasteiger charge is 1.86. The molecule has 1 N–H and O–H groups in total. The lowest BCUT2D eigenvalue weighted by atomic mass is 10.5. The lowest BCUT2D eigenvalue weighted by molar-refractivity contribution is 0.235. The molecule has 0 aliphatic heterocycles. The van der Waals surface area contributed by atoms with Crippen LogP contribution in [0, 0.1) is 0 Å². The molecule has 0 saturated heterocycles. The lowest BCUT2D eigenvalue weighted by Gasteiger charge is -1.97. The fourth-order valence-corrected chi connectivity index (χ4v) is 0.304. The first-order valence-electron chi connectivity index (χ1n) is 2.38. The molecule has 46 valence electrons. The predicted octanol–water partition coefficient (Wildman–Crippen LogP) is 1.04. The molecule has 0 rings (SSSR count). The summed E-state index contributed by atoms with van der Waals surface area (Å²) in [7, 11) is 0. The molecule has 0 atom stereocenters. The topological polar surface area (TPSA) is 29.5 Å². The van der Waals surface area contributed by atoms with Gasteiger partial charge in [-0.1, -0.05) is 6.58 Å². The van der Waals surface area contributed by atoms with Crippen LogP contribution in [0.1, 0.15) is 6.92 Å². The van der Waals surface area contributed by atoms with Gasteiger partial charge in [0.15, 0.2) is 0 Å². The van der Waals surface area contributed by atoms with Crippen molar-refractivity contribution in [2.75, 3.05) is 6.61 Å². The summed E-state index contributed by atoms with van der Waals surface area (Å²) in [6.45, 7) is 5.04. The summed E-state index contributed by atoms with van der Waals surface area (Å²) in [5, 5.41) is 8.42. The number of hydrogen-bond acceptors (Lipinski definition) is 2. The standard InChI is InChI=1S/C6H10O2/c1-3-6(5-7)8-4-2/h3-4,7H,2,5H2,1H3. The van der Waals surface area contributed by atoms with Crippen LogP contribution in [0.2, 0.25) is 0 Å². The van der Waals surface area contributed by atoms with E-state index in [1.165, 1.54) is 6.26 Å². The highest BCUT2D eigenvalue weighted by Crippen LogP contribution is 1.93. The van der Waals surface area contributed by atoms with Gasteiger partial charge in [-0.05, 0) is 13.0 Å². The van der Waals surface area contributed by atoms with E-state index >= 15 is 0 Å². The number of ether oxygens (including phenoxy) is 1. The SMILES string of the molecule is C=COC(=CC)CO. The van der Waals surface area contributed by atoms with Gasteiger partial charge in [0.2, 0.25) is 0 Å². The molecule has 0 aliphatic carbocycles. The molecule has 0 amide bonds. The molecule has 0 aromatic rings. The Balaban J connectivity index is 3.53. The Hall–Kier alpha value is -0.760. The first-order valence-corrected chi connectivity index (χ1v) is 2.38. The maximum absolute atomic E-state index is 8.42. The number of aliphatic hydroxyl groups is 1. The Labute approximate surface area is 49.1 Å². The summed E-state index contributed by atoms with van der Waals surface area (Å²) in [5.41, 5.74) is 0. The average Bonchev–Trinajstić information content (AvgIpc) is 1.83. The molecule has 0 aromatic heterocycles. The van der Waals surface area contributed by atoms with Crippen LogP contribution in [-0.2, 0) is 4.74 Å². The van der Waals surface area contributed by atoms with Crippen LogP contribution < -0.4 is 0 Å². The van der Waals surface area contributed by atoms with E-state index in [9.17, 15) is 0 Å². The Morgan fingerprint density at radius 1 is 1.88 bits per heavy atom. The molecule has 2 heteroatoms. The van der Waals surface area contributed by atoms with E-state index in [-0.39, 0.29) is 6.61 Å². The smallest absolute Gasteiger partial charge is 0.124 e. The third-order valence-electron chi connectivity index (χ3n) is 0.713. The molecule has 0 radical (unpaired) electrons. The molecule has 2 nitrogen and oxygen atoms in total. The highest BCUT2D eigenvalue weighted by molar-refractivity contribution is 4.91. The van der Waals surface area contributed by atoms with E-state index in [1.807, 2.05) is 0 Å². The lowest BCUT2D eigenvalue weighted by Crippen LogP contribution is -1.89.